The summed E-state index contributed by atoms with van der Waals surface area (Å²) in [5.41, 5.74) is 1.36. The van der Waals surface area contributed by atoms with Crippen LogP contribution < -0.4 is 0 Å². The van der Waals surface area contributed by atoms with E-state index in [0.29, 0.717) is 22.2 Å². The normalized spacial score (nSPS) is 12.7. The van der Waals surface area contributed by atoms with Gasteiger partial charge in [0.2, 0.25) is 0 Å². The summed E-state index contributed by atoms with van der Waals surface area (Å²) >= 11 is 12.9. The van der Waals surface area contributed by atoms with Gasteiger partial charge in [0.1, 0.15) is 11.8 Å². The van der Waals surface area contributed by atoms with Gasteiger partial charge in [0.25, 0.3) is 0 Å². The fraction of sp³-hybridized carbons (Fsp3) is 0.200. The Morgan fingerprint density at radius 1 is 1.38 bits per heavy atom. The molecule has 6 heteroatoms. The maximum atomic E-state index is 9.88. The van der Waals surface area contributed by atoms with E-state index in [2.05, 4.69) is 8.75 Å². The standard InChI is InChI=1S/C10H8Cl2N2OS/c11-7-1-2-8(12)6(3-7)4-10(15)9-5-13-16-14-9/h1-3,5,10,15H,4H2. The first-order chi connectivity index (χ1) is 7.66. The van der Waals surface area contributed by atoms with Crippen molar-refractivity contribution in [1.82, 2.24) is 8.75 Å². The monoisotopic (exact) mass is 274 g/mol. The zero-order valence-corrected chi connectivity index (χ0v) is 10.4. The number of aliphatic hydroxyl groups is 1. The lowest BCUT2D eigenvalue weighted by atomic mass is 10.1. The maximum absolute atomic E-state index is 9.88. The number of aliphatic hydroxyl groups excluding tert-OH is 1. The number of rotatable bonds is 3. The summed E-state index contributed by atoms with van der Waals surface area (Å²) in [6, 6.07) is 5.17. The highest BCUT2D eigenvalue weighted by Gasteiger charge is 2.13. The van der Waals surface area contributed by atoms with Crippen molar-refractivity contribution in [2.75, 3.05) is 0 Å². The average Bonchev–Trinajstić information content (AvgIpc) is 2.76. The molecule has 0 aliphatic heterocycles. The Morgan fingerprint density at radius 2 is 2.19 bits per heavy atom. The molecule has 3 nitrogen and oxygen atoms in total. The molecule has 1 heterocycles. The van der Waals surface area contributed by atoms with Crippen LogP contribution in [0.25, 0.3) is 0 Å². The third-order valence-corrected chi connectivity index (χ3v) is 3.24. The first-order valence-corrected chi connectivity index (χ1v) is 6.05. The van der Waals surface area contributed by atoms with Crippen LogP contribution in [0.5, 0.6) is 0 Å². The van der Waals surface area contributed by atoms with Gasteiger partial charge in [0.05, 0.1) is 17.9 Å². The van der Waals surface area contributed by atoms with Crippen molar-refractivity contribution in [2.24, 2.45) is 0 Å². The Labute approximate surface area is 107 Å². The van der Waals surface area contributed by atoms with Gasteiger partial charge in [-0.2, -0.15) is 8.75 Å². The molecule has 2 aromatic rings. The zero-order valence-electron chi connectivity index (χ0n) is 8.10. The van der Waals surface area contributed by atoms with Crippen LogP contribution in [0.3, 0.4) is 0 Å². The van der Waals surface area contributed by atoms with Crippen LogP contribution in [0.2, 0.25) is 10.0 Å². The SMILES string of the molecule is OC(Cc1cc(Cl)ccc1Cl)c1cnsn1. The van der Waals surface area contributed by atoms with E-state index >= 15 is 0 Å². The summed E-state index contributed by atoms with van der Waals surface area (Å²) in [7, 11) is 0. The smallest absolute Gasteiger partial charge is 0.103 e. The largest absolute Gasteiger partial charge is 0.386 e. The number of benzene rings is 1. The molecule has 1 atom stereocenters. The van der Waals surface area contributed by atoms with Crippen LogP contribution in [-0.2, 0) is 6.42 Å². The lowest BCUT2D eigenvalue weighted by molar-refractivity contribution is 0.174. The number of aromatic nitrogens is 2. The molecular weight excluding hydrogens is 267 g/mol. The van der Waals surface area contributed by atoms with Crippen molar-refractivity contribution in [2.45, 2.75) is 12.5 Å². The molecule has 1 N–H and O–H groups in total. The number of nitrogens with zero attached hydrogens (tertiary/aromatic N) is 2. The van der Waals surface area contributed by atoms with Gasteiger partial charge in [0.15, 0.2) is 0 Å². The van der Waals surface area contributed by atoms with E-state index in [4.69, 9.17) is 23.2 Å². The van der Waals surface area contributed by atoms with Crippen molar-refractivity contribution in [3.63, 3.8) is 0 Å². The highest BCUT2D eigenvalue weighted by Crippen LogP contribution is 2.25. The van der Waals surface area contributed by atoms with Gasteiger partial charge in [0, 0.05) is 16.5 Å². The van der Waals surface area contributed by atoms with E-state index < -0.39 is 6.10 Å². The molecule has 0 saturated heterocycles. The Balaban J connectivity index is 2.17. The minimum Gasteiger partial charge on any atom is -0.386 e. The summed E-state index contributed by atoms with van der Waals surface area (Å²) in [6.45, 7) is 0. The van der Waals surface area contributed by atoms with Crippen LogP contribution in [0, 0.1) is 0 Å². The van der Waals surface area contributed by atoms with Crippen LogP contribution in [0.1, 0.15) is 17.4 Å². The fourth-order valence-corrected chi connectivity index (χ4v) is 2.19. The van der Waals surface area contributed by atoms with Crippen LogP contribution in [0.4, 0.5) is 0 Å². The Morgan fingerprint density at radius 3 is 2.88 bits per heavy atom. The fourth-order valence-electron chi connectivity index (χ4n) is 1.33. The molecule has 0 fully saturated rings. The summed E-state index contributed by atoms with van der Waals surface area (Å²) < 4.78 is 7.81. The van der Waals surface area contributed by atoms with E-state index in [1.54, 1.807) is 24.4 Å². The number of hydrogen-bond acceptors (Lipinski definition) is 4. The van der Waals surface area contributed by atoms with Crippen LogP contribution in [-0.4, -0.2) is 13.9 Å². The molecule has 0 saturated carbocycles. The molecule has 1 aromatic carbocycles. The van der Waals surface area contributed by atoms with Gasteiger partial charge in [-0.25, -0.2) is 0 Å². The molecule has 0 aliphatic rings. The molecule has 0 bridgehead atoms. The number of halogens is 2. The average molecular weight is 275 g/mol. The molecule has 0 aliphatic carbocycles. The zero-order chi connectivity index (χ0) is 11.5. The van der Waals surface area contributed by atoms with Crippen molar-refractivity contribution < 1.29 is 5.11 Å². The lowest BCUT2D eigenvalue weighted by Gasteiger charge is -2.09. The van der Waals surface area contributed by atoms with E-state index in [0.717, 1.165) is 17.3 Å². The Hall–Kier alpha value is -0.680. The minimum absolute atomic E-state index is 0.380. The predicted octanol–water partition coefficient (Wildman–Crippen LogP) is 3.12. The Bertz CT molecular complexity index is 476. The lowest BCUT2D eigenvalue weighted by Crippen LogP contribution is -2.02. The van der Waals surface area contributed by atoms with E-state index in [-0.39, 0.29) is 0 Å². The second-order valence-electron chi connectivity index (χ2n) is 3.29. The van der Waals surface area contributed by atoms with Crippen molar-refractivity contribution in [3.8, 4) is 0 Å². The van der Waals surface area contributed by atoms with Crippen molar-refractivity contribution in [3.05, 3.63) is 45.7 Å². The topological polar surface area (TPSA) is 46.0 Å². The van der Waals surface area contributed by atoms with Gasteiger partial charge in [-0.15, -0.1) is 0 Å². The highest BCUT2D eigenvalue weighted by molar-refractivity contribution is 6.99. The molecule has 1 unspecified atom stereocenters. The molecule has 0 radical (unpaired) electrons. The second-order valence-corrected chi connectivity index (χ2v) is 4.69. The molecule has 84 valence electrons. The first-order valence-electron chi connectivity index (χ1n) is 4.56. The molecule has 1 aromatic heterocycles. The van der Waals surface area contributed by atoms with Gasteiger partial charge in [-0.1, -0.05) is 23.2 Å². The second kappa shape index (κ2) is 5.10. The summed E-state index contributed by atoms with van der Waals surface area (Å²) in [6.07, 6.45) is 1.23. The third-order valence-electron chi connectivity index (χ3n) is 2.14. The van der Waals surface area contributed by atoms with Crippen molar-refractivity contribution >= 4 is 34.9 Å². The molecule has 0 amide bonds. The third kappa shape index (κ3) is 2.71. The quantitative estimate of drug-likeness (QED) is 0.936. The van der Waals surface area contributed by atoms with Gasteiger partial charge < -0.3 is 5.11 Å². The van der Waals surface area contributed by atoms with Gasteiger partial charge >= 0.3 is 0 Å². The van der Waals surface area contributed by atoms with E-state index in [9.17, 15) is 5.11 Å². The minimum atomic E-state index is -0.699. The van der Waals surface area contributed by atoms with E-state index in [1.165, 1.54) is 0 Å². The first kappa shape index (κ1) is 11.8. The van der Waals surface area contributed by atoms with Gasteiger partial charge in [-0.05, 0) is 23.8 Å². The van der Waals surface area contributed by atoms with Crippen LogP contribution in [0.15, 0.2) is 24.4 Å². The number of hydrogen-bond donors (Lipinski definition) is 1. The highest BCUT2D eigenvalue weighted by atomic mass is 35.5. The molecule has 2 rings (SSSR count). The molecule has 16 heavy (non-hydrogen) atoms. The van der Waals surface area contributed by atoms with Gasteiger partial charge in [-0.3, -0.25) is 0 Å². The summed E-state index contributed by atoms with van der Waals surface area (Å²) in [4.78, 5) is 0. The Kier molecular flexibility index (Phi) is 3.76. The predicted molar refractivity (Wildman–Crippen MR) is 65.0 cm³/mol. The van der Waals surface area contributed by atoms with Crippen LogP contribution >= 0.6 is 34.9 Å². The maximum Gasteiger partial charge on any atom is 0.103 e. The molecule has 0 spiro atoms. The summed E-state index contributed by atoms with van der Waals surface area (Å²) in [5, 5.41) is 11.1. The summed E-state index contributed by atoms with van der Waals surface area (Å²) in [5.74, 6) is 0. The molecular formula is C10H8Cl2N2OS. The van der Waals surface area contributed by atoms with E-state index in [1.807, 2.05) is 0 Å². The van der Waals surface area contributed by atoms with Crippen molar-refractivity contribution in [1.29, 1.82) is 0 Å².